The van der Waals surface area contributed by atoms with Gasteiger partial charge in [-0.05, 0) is 60.7 Å². The van der Waals surface area contributed by atoms with Gasteiger partial charge in [0.2, 0.25) is 0 Å². The molecule has 0 fully saturated rings. The van der Waals surface area contributed by atoms with E-state index >= 15 is 0 Å². The molecule has 2 heterocycles. The van der Waals surface area contributed by atoms with E-state index in [1.54, 1.807) is 36.0 Å². The first-order valence-electron chi connectivity index (χ1n) is 8.40. The molecule has 134 valence electrons. The van der Waals surface area contributed by atoms with Gasteiger partial charge in [0.25, 0.3) is 5.91 Å². The van der Waals surface area contributed by atoms with Crippen LogP contribution in [0.2, 0.25) is 5.02 Å². The van der Waals surface area contributed by atoms with Crippen LogP contribution in [0.5, 0.6) is 0 Å². The van der Waals surface area contributed by atoms with Crippen molar-refractivity contribution in [3.8, 4) is 0 Å². The summed E-state index contributed by atoms with van der Waals surface area (Å²) in [4.78, 5) is 18.0. The summed E-state index contributed by atoms with van der Waals surface area (Å²) < 4.78 is 2.01. The Morgan fingerprint density at radius 3 is 2.56 bits per heavy atom. The summed E-state index contributed by atoms with van der Waals surface area (Å²) >= 11 is 7.55. The van der Waals surface area contributed by atoms with Gasteiger partial charge in [-0.1, -0.05) is 17.7 Å². The number of pyridine rings is 1. The second-order valence-corrected chi connectivity index (χ2v) is 7.46. The predicted octanol–water partition coefficient (Wildman–Crippen LogP) is 5.53. The van der Waals surface area contributed by atoms with Gasteiger partial charge in [0.1, 0.15) is 5.65 Å². The van der Waals surface area contributed by atoms with Crippen molar-refractivity contribution < 1.29 is 4.79 Å². The molecule has 0 spiro atoms. The van der Waals surface area contributed by atoms with Gasteiger partial charge in [0, 0.05) is 39.3 Å². The van der Waals surface area contributed by atoms with Crippen LogP contribution in [-0.4, -0.2) is 15.3 Å². The molecule has 0 aliphatic rings. The smallest absolute Gasteiger partial charge is 0.255 e. The zero-order chi connectivity index (χ0) is 18.6. The molecule has 0 bridgehead atoms. The van der Waals surface area contributed by atoms with Crippen molar-refractivity contribution >= 4 is 40.6 Å². The Hall–Kier alpha value is -2.76. The summed E-state index contributed by atoms with van der Waals surface area (Å²) in [5.74, 6) is 0.632. The Balaban J connectivity index is 1.38. The first kappa shape index (κ1) is 17.6. The summed E-state index contributed by atoms with van der Waals surface area (Å²) in [7, 11) is 0. The van der Waals surface area contributed by atoms with Gasteiger partial charge in [-0.3, -0.25) is 4.79 Å². The summed E-state index contributed by atoms with van der Waals surface area (Å²) in [5.41, 5.74) is 3.30. The maximum absolute atomic E-state index is 12.3. The van der Waals surface area contributed by atoms with Crippen molar-refractivity contribution in [3.05, 3.63) is 95.4 Å². The number of nitrogens with one attached hydrogen (secondary N) is 1. The molecular weight excluding hydrogens is 378 g/mol. The Bertz CT molecular complexity index is 1040. The van der Waals surface area contributed by atoms with Crippen molar-refractivity contribution in [1.82, 2.24) is 9.38 Å². The van der Waals surface area contributed by atoms with E-state index in [1.165, 1.54) is 0 Å². The lowest BCUT2D eigenvalue weighted by molar-refractivity contribution is 0.102. The number of hydrogen-bond donors (Lipinski definition) is 1. The second kappa shape index (κ2) is 7.86. The van der Waals surface area contributed by atoms with Crippen molar-refractivity contribution in [1.29, 1.82) is 0 Å². The van der Waals surface area contributed by atoms with E-state index in [-0.39, 0.29) is 5.91 Å². The Labute approximate surface area is 166 Å². The van der Waals surface area contributed by atoms with Gasteiger partial charge in [0.15, 0.2) is 0 Å². The third-order valence-electron chi connectivity index (χ3n) is 4.02. The minimum Gasteiger partial charge on any atom is -0.322 e. The van der Waals surface area contributed by atoms with E-state index in [0.717, 1.165) is 27.7 Å². The molecule has 6 heteroatoms. The van der Waals surface area contributed by atoms with Crippen LogP contribution in [0.3, 0.4) is 0 Å². The molecule has 2 aromatic heterocycles. The normalized spacial score (nSPS) is 10.9. The number of anilines is 1. The van der Waals surface area contributed by atoms with Crippen molar-refractivity contribution in [2.45, 2.75) is 10.6 Å². The summed E-state index contributed by atoms with van der Waals surface area (Å²) in [6.07, 6.45) is 4.03. The molecule has 27 heavy (non-hydrogen) atoms. The minimum atomic E-state index is -0.144. The van der Waals surface area contributed by atoms with E-state index in [2.05, 4.69) is 10.3 Å². The number of amides is 1. The fraction of sp³-hybridized carbons (Fsp3) is 0.0476. The zero-order valence-electron chi connectivity index (χ0n) is 14.3. The molecule has 1 N–H and O–H groups in total. The Morgan fingerprint density at radius 1 is 1.04 bits per heavy atom. The zero-order valence-corrected chi connectivity index (χ0v) is 15.9. The average molecular weight is 394 g/mol. The number of carbonyl (C=O) groups is 1. The number of benzene rings is 2. The van der Waals surface area contributed by atoms with E-state index in [1.807, 2.05) is 59.3 Å². The Kier molecular flexibility index (Phi) is 5.14. The van der Waals surface area contributed by atoms with E-state index in [4.69, 9.17) is 11.6 Å². The molecule has 0 aliphatic carbocycles. The van der Waals surface area contributed by atoms with E-state index in [0.29, 0.717) is 10.6 Å². The Morgan fingerprint density at radius 2 is 1.81 bits per heavy atom. The highest BCUT2D eigenvalue weighted by Crippen LogP contribution is 2.23. The SMILES string of the molecule is O=C(Nc1ccc(Cl)cc1)c1ccc(SCc2cn3ccccc3n2)cc1. The van der Waals surface area contributed by atoms with Gasteiger partial charge in [-0.2, -0.15) is 0 Å². The van der Waals surface area contributed by atoms with Crippen LogP contribution in [0.4, 0.5) is 5.69 Å². The largest absolute Gasteiger partial charge is 0.322 e. The number of fused-ring (bicyclic) bond motifs is 1. The van der Waals surface area contributed by atoms with Crippen molar-refractivity contribution in [3.63, 3.8) is 0 Å². The molecule has 0 unspecified atom stereocenters. The average Bonchev–Trinajstić information content (AvgIpc) is 3.11. The van der Waals surface area contributed by atoms with Crippen LogP contribution in [0, 0.1) is 0 Å². The molecule has 0 saturated heterocycles. The summed E-state index contributed by atoms with van der Waals surface area (Å²) in [6, 6.07) is 20.6. The highest BCUT2D eigenvalue weighted by atomic mass is 35.5. The number of halogens is 1. The van der Waals surface area contributed by atoms with Crippen LogP contribution >= 0.6 is 23.4 Å². The first-order valence-corrected chi connectivity index (χ1v) is 9.76. The van der Waals surface area contributed by atoms with Crippen molar-refractivity contribution in [2.75, 3.05) is 5.32 Å². The van der Waals surface area contributed by atoms with Crippen molar-refractivity contribution in [2.24, 2.45) is 0 Å². The first-order chi connectivity index (χ1) is 13.2. The number of carbonyl (C=O) groups excluding carboxylic acids is 1. The van der Waals surface area contributed by atoms with Gasteiger partial charge in [-0.25, -0.2) is 4.98 Å². The van der Waals surface area contributed by atoms with Crippen LogP contribution in [0.15, 0.2) is 84.0 Å². The lowest BCUT2D eigenvalue weighted by Crippen LogP contribution is -2.11. The maximum Gasteiger partial charge on any atom is 0.255 e. The fourth-order valence-electron chi connectivity index (χ4n) is 2.65. The molecule has 0 radical (unpaired) electrons. The number of rotatable bonds is 5. The topological polar surface area (TPSA) is 46.4 Å². The van der Waals surface area contributed by atoms with E-state index < -0.39 is 0 Å². The quantitative estimate of drug-likeness (QED) is 0.453. The number of hydrogen-bond acceptors (Lipinski definition) is 3. The number of imidazole rings is 1. The van der Waals surface area contributed by atoms with Crippen LogP contribution in [0.25, 0.3) is 5.65 Å². The maximum atomic E-state index is 12.3. The molecule has 4 nitrogen and oxygen atoms in total. The van der Waals surface area contributed by atoms with Gasteiger partial charge >= 0.3 is 0 Å². The third-order valence-corrected chi connectivity index (χ3v) is 5.32. The highest BCUT2D eigenvalue weighted by molar-refractivity contribution is 7.98. The molecule has 4 rings (SSSR count). The van der Waals surface area contributed by atoms with Crippen LogP contribution in [-0.2, 0) is 5.75 Å². The number of nitrogens with zero attached hydrogens (tertiary/aromatic N) is 2. The fourth-order valence-corrected chi connectivity index (χ4v) is 3.56. The predicted molar refractivity (Wildman–Crippen MR) is 111 cm³/mol. The van der Waals surface area contributed by atoms with Gasteiger partial charge in [0.05, 0.1) is 5.69 Å². The minimum absolute atomic E-state index is 0.144. The lowest BCUT2D eigenvalue weighted by atomic mass is 10.2. The molecular formula is C21H16ClN3OS. The molecule has 0 atom stereocenters. The second-order valence-electron chi connectivity index (χ2n) is 5.97. The van der Waals surface area contributed by atoms with Crippen LogP contribution < -0.4 is 5.32 Å². The molecule has 2 aromatic carbocycles. The third kappa shape index (κ3) is 4.32. The molecule has 0 aliphatic heterocycles. The standard InChI is InChI=1S/C21H16ClN3OS/c22-16-6-8-17(9-7-16)24-21(26)15-4-10-19(11-5-15)27-14-18-13-25-12-2-1-3-20(25)23-18/h1-13H,14H2,(H,24,26). The van der Waals surface area contributed by atoms with E-state index in [9.17, 15) is 4.79 Å². The molecule has 0 saturated carbocycles. The summed E-state index contributed by atoms with van der Waals surface area (Å²) in [5, 5.41) is 3.50. The summed E-state index contributed by atoms with van der Waals surface area (Å²) in [6.45, 7) is 0. The highest BCUT2D eigenvalue weighted by Gasteiger charge is 2.07. The lowest BCUT2D eigenvalue weighted by Gasteiger charge is -2.06. The number of thioether (sulfide) groups is 1. The van der Waals surface area contributed by atoms with Gasteiger partial charge < -0.3 is 9.72 Å². The molecule has 1 amide bonds. The monoisotopic (exact) mass is 393 g/mol. The van der Waals surface area contributed by atoms with Crippen LogP contribution in [0.1, 0.15) is 16.1 Å². The number of aromatic nitrogens is 2. The van der Waals surface area contributed by atoms with Gasteiger partial charge in [-0.15, -0.1) is 11.8 Å². The molecule has 4 aromatic rings.